The minimum Gasteiger partial charge on any atom is -0.174 e. The van der Waals surface area contributed by atoms with Crippen LogP contribution in [0.1, 0.15) is 6.92 Å². The molecule has 0 spiro atoms. The van der Waals surface area contributed by atoms with Gasteiger partial charge in [-0.1, -0.05) is 37.3 Å². The Kier molecular flexibility index (Phi) is 6.18. The number of hydrogen-bond acceptors (Lipinski definition) is 0. The molecule has 0 aliphatic rings. The van der Waals surface area contributed by atoms with Gasteiger partial charge in [0.15, 0.2) is 0 Å². The Morgan fingerprint density at radius 2 is 1.80 bits per heavy atom. The van der Waals surface area contributed by atoms with Crippen molar-refractivity contribution in [3.05, 3.63) is 30.3 Å². The quantitative estimate of drug-likeness (QED) is 0.589. The Morgan fingerprint density at radius 3 is 2.30 bits per heavy atom. The highest BCUT2D eigenvalue weighted by Crippen LogP contribution is 1.82. The predicted octanol–water partition coefficient (Wildman–Crippen LogP) is 1.88. The molecule has 0 saturated heterocycles. The van der Waals surface area contributed by atoms with E-state index in [1.165, 1.54) is 4.55 Å². The Labute approximate surface area is 78.2 Å². The molecule has 0 N–H and O–H groups in total. The molecule has 0 saturated carbocycles. The molecule has 0 heterocycles. The minimum absolute atomic E-state index is 0. The van der Waals surface area contributed by atoms with Gasteiger partial charge in [-0.15, -0.1) is 17.0 Å². The first-order valence-corrected chi connectivity index (χ1v) is 5.18. The molecule has 0 aliphatic carbocycles. The second-order valence-electron chi connectivity index (χ2n) is 2.24. The van der Waals surface area contributed by atoms with Crippen LogP contribution in [0.3, 0.4) is 0 Å². The van der Waals surface area contributed by atoms with Crippen molar-refractivity contribution in [1.82, 2.24) is 0 Å². The molecule has 0 amide bonds. The molecule has 1 aromatic rings. The van der Waals surface area contributed by atoms with Gasteiger partial charge in [-0.2, -0.15) is 3.69 Å². The summed E-state index contributed by atoms with van der Waals surface area (Å²) < 4.78 is 2.96. The Hall–Kier alpha value is 0.276. The monoisotopic (exact) mass is 166 g/mol. The average molecular weight is 167 g/mol. The van der Waals surface area contributed by atoms with Crippen molar-refractivity contribution in [1.29, 1.82) is 0 Å². The third-order valence-electron chi connectivity index (χ3n) is 1.38. The van der Waals surface area contributed by atoms with Gasteiger partial charge in [0.05, 0.1) is 0 Å². The van der Waals surface area contributed by atoms with Crippen LogP contribution in [0.25, 0.3) is 0 Å². The lowest BCUT2D eigenvalue weighted by Gasteiger charge is -1.91. The number of rotatable bonds is 2. The van der Waals surface area contributed by atoms with E-state index in [2.05, 4.69) is 37.3 Å². The van der Waals surface area contributed by atoms with E-state index in [0.717, 1.165) is 0 Å². The molecular formula is C8H11ClMg. The Bertz CT molecular complexity index is 162. The lowest BCUT2D eigenvalue weighted by atomic mass is 10.4. The van der Waals surface area contributed by atoms with Gasteiger partial charge in [0.25, 0.3) is 0 Å². The van der Waals surface area contributed by atoms with E-state index in [9.17, 15) is 0 Å². The molecular weight excluding hydrogens is 156 g/mol. The first kappa shape index (κ1) is 10.3. The summed E-state index contributed by atoms with van der Waals surface area (Å²) in [5, 5.41) is 0. The zero-order chi connectivity index (χ0) is 6.53. The topological polar surface area (TPSA) is 0 Å². The van der Waals surface area contributed by atoms with Gasteiger partial charge < -0.3 is 0 Å². The fourth-order valence-corrected chi connectivity index (χ4v) is 2.12. The highest BCUT2D eigenvalue weighted by molar-refractivity contribution is 6.53. The maximum absolute atomic E-state index is 2.26. The van der Waals surface area contributed by atoms with E-state index in [4.69, 9.17) is 0 Å². The summed E-state index contributed by atoms with van der Waals surface area (Å²) in [6, 6.07) is 10.8. The molecule has 1 aromatic carbocycles. The lowest BCUT2D eigenvalue weighted by Crippen LogP contribution is -2.10. The van der Waals surface area contributed by atoms with Crippen LogP contribution in [0.4, 0.5) is 0 Å². The Balaban J connectivity index is 0.000000810. The van der Waals surface area contributed by atoms with Gasteiger partial charge in [0, 0.05) is 0 Å². The molecule has 0 fully saturated rings. The van der Waals surface area contributed by atoms with Gasteiger partial charge in [0.2, 0.25) is 0 Å². The number of hydrogen-bond donors (Lipinski definition) is 0. The van der Waals surface area contributed by atoms with Crippen LogP contribution in [0.2, 0.25) is 4.55 Å². The lowest BCUT2D eigenvalue weighted by molar-refractivity contribution is 1.46. The van der Waals surface area contributed by atoms with Crippen molar-refractivity contribution in [2.24, 2.45) is 0 Å². The van der Waals surface area contributed by atoms with Crippen LogP contribution in [0.5, 0.6) is 0 Å². The van der Waals surface area contributed by atoms with Crippen molar-refractivity contribution in [3.8, 4) is 0 Å². The van der Waals surface area contributed by atoms with Gasteiger partial charge >= 0.3 is 20.4 Å². The predicted molar refractivity (Wildman–Crippen MR) is 49.6 cm³/mol. The van der Waals surface area contributed by atoms with Crippen molar-refractivity contribution in [2.75, 3.05) is 0 Å². The summed E-state index contributed by atoms with van der Waals surface area (Å²) in [6.07, 6.45) is 0. The van der Waals surface area contributed by atoms with E-state index < -0.39 is 0 Å². The SMILES string of the molecule is C[CH2][Mg][c]1ccccc1.Cl. The molecule has 0 unspecified atom stereocenters. The maximum atomic E-state index is 2.26. The normalized spacial score (nSPS) is 7.70. The van der Waals surface area contributed by atoms with Crippen LogP contribution >= 0.6 is 12.4 Å². The van der Waals surface area contributed by atoms with Crippen LogP contribution in [-0.4, -0.2) is 20.4 Å². The highest BCUT2D eigenvalue weighted by atomic mass is 35.5. The summed E-state index contributed by atoms with van der Waals surface area (Å²) in [7, 11) is 0. The number of halogens is 1. The highest BCUT2D eigenvalue weighted by Gasteiger charge is 1.91. The van der Waals surface area contributed by atoms with Crippen LogP contribution < -0.4 is 3.69 Å². The minimum atomic E-state index is 0. The van der Waals surface area contributed by atoms with E-state index in [1.807, 2.05) is 0 Å². The largest absolute Gasteiger partial charge is 0.408 e. The van der Waals surface area contributed by atoms with E-state index in [-0.39, 0.29) is 32.8 Å². The van der Waals surface area contributed by atoms with Gasteiger partial charge in [-0.05, 0) is 0 Å². The molecule has 0 nitrogen and oxygen atoms in total. The van der Waals surface area contributed by atoms with E-state index in [0.29, 0.717) is 0 Å². The van der Waals surface area contributed by atoms with Crippen LogP contribution in [-0.2, 0) is 0 Å². The van der Waals surface area contributed by atoms with Crippen LogP contribution in [0.15, 0.2) is 30.3 Å². The van der Waals surface area contributed by atoms with E-state index in [1.54, 1.807) is 3.69 Å². The van der Waals surface area contributed by atoms with Crippen LogP contribution in [0, 0.1) is 0 Å². The second kappa shape index (κ2) is 6.02. The standard InChI is InChI=1S/C6H5.C2H5.ClH.Mg/c1-2-4-6-5-3-1;1-2;;/h1-5H;1H2,2H3;1H;. The molecule has 0 aliphatic heterocycles. The molecule has 1 rings (SSSR count). The zero-order valence-electron chi connectivity index (χ0n) is 6.21. The average Bonchev–Trinajstić information content (AvgIpc) is 1.91. The van der Waals surface area contributed by atoms with Crippen molar-refractivity contribution >= 4 is 36.5 Å². The second-order valence-corrected chi connectivity index (χ2v) is 4.55. The number of benzene rings is 1. The summed E-state index contributed by atoms with van der Waals surface area (Å²) in [5.41, 5.74) is 0. The van der Waals surface area contributed by atoms with Gasteiger partial charge in [0.1, 0.15) is 0 Å². The summed E-state index contributed by atoms with van der Waals surface area (Å²) in [4.78, 5) is 0. The fraction of sp³-hybridized carbons (Fsp3) is 0.250. The molecule has 52 valence electrons. The first-order chi connectivity index (χ1) is 4.43. The Morgan fingerprint density at radius 1 is 1.20 bits per heavy atom. The van der Waals surface area contributed by atoms with Gasteiger partial charge in [-0.3, -0.25) is 0 Å². The molecule has 0 radical (unpaired) electrons. The summed E-state index contributed by atoms with van der Waals surface area (Å²) in [5.74, 6) is 0. The zero-order valence-corrected chi connectivity index (χ0v) is 8.44. The third kappa shape index (κ3) is 3.45. The van der Waals surface area contributed by atoms with E-state index >= 15 is 0 Å². The van der Waals surface area contributed by atoms with Crippen molar-refractivity contribution < 1.29 is 0 Å². The summed E-state index contributed by atoms with van der Waals surface area (Å²) >= 11 is 0.0990. The molecule has 2 heteroatoms. The third-order valence-corrected chi connectivity index (χ3v) is 2.93. The molecule has 0 atom stereocenters. The molecule has 10 heavy (non-hydrogen) atoms. The molecule has 0 bridgehead atoms. The van der Waals surface area contributed by atoms with Gasteiger partial charge in [-0.25, -0.2) is 0 Å². The fourth-order valence-electron chi connectivity index (χ4n) is 0.933. The first-order valence-electron chi connectivity index (χ1n) is 3.47. The molecule has 0 aromatic heterocycles. The van der Waals surface area contributed by atoms with Crippen molar-refractivity contribution in [2.45, 2.75) is 11.5 Å². The smallest absolute Gasteiger partial charge is 0.174 e. The van der Waals surface area contributed by atoms with Crippen molar-refractivity contribution in [3.63, 3.8) is 0 Å². The summed E-state index contributed by atoms with van der Waals surface area (Å²) in [6.45, 7) is 2.26. The maximum Gasteiger partial charge on any atom is 0.408 e.